The van der Waals surface area contributed by atoms with Crippen LogP contribution in [0.4, 0.5) is 8.78 Å². The van der Waals surface area contributed by atoms with Crippen molar-refractivity contribution < 1.29 is 22.0 Å². The van der Waals surface area contributed by atoms with Gasteiger partial charge < -0.3 is 4.98 Å². The fourth-order valence-electron chi connectivity index (χ4n) is 2.84. The number of aromatic nitrogens is 2. The molecule has 0 saturated heterocycles. The molecule has 0 saturated carbocycles. The van der Waals surface area contributed by atoms with Gasteiger partial charge in [0.25, 0.3) is 0 Å². The van der Waals surface area contributed by atoms with Crippen LogP contribution < -0.4 is 0 Å². The van der Waals surface area contributed by atoms with Crippen molar-refractivity contribution >= 4 is 42.6 Å². The number of nitrogens with one attached hydrogen (secondary N) is 1. The minimum absolute atomic E-state index is 0. The second kappa shape index (κ2) is 8.48. The number of hydrogen-bond acceptors (Lipinski definition) is 4. The molecule has 28 heavy (non-hydrogen) atoms. The van der Waals surface area contributed by atoms with Gasteiger partial charge in [-0.3, -0.25) is 4.79 Å². The molecule has 0 fully saturated rings. The molecule has 9 heteroatoms. The molecule has 0 unspecified atom stereocenters. The average Bonchev–Trinajstić information content (AvgIpc) is 3.00. The summed E-state index contributed by atoms with van der Waals surface area (Å²) < 4.78 is 53.7. The molecule has 0 radical (unpaired) electrons. The number of carbonyl (C=O) groups is 1. The van der Waals surface area contributed by atoms with E-state index in [2.05, 4.69) is 25.9 Å². The van der Waals surface area contributed by atoms with Gasteiger partial charge in [0, 0.05) is 33.4 Å². The van der Waals surface area contributed by atoms with Gasteiger partial charge in [-0.05, 0) is 34.5 Å². The number of ketones is 1. The summed E-state index contributed by atoms with van der Waals surface area (Å²) >= 11 is 3.24. The third-order valence-corrected chi connectivity index (χ3v) is 6.25. The summed E-state index contributed by atoms with van der Waals surface area (Å²) in [6, 6.07) is 3.58. The zero-order valence-electron chi connectivity index (χ0n) is 14.2. The summed E-state index contributed by atoms with van der Waals surface area (Å²) in [6.45, 7) is 1.69. The summed E-state index contributed by atoms with van der Waals surface area (Å²) in [5, 5.41) is 0.400. The Hall–Kier alpha value is -2.13. The van der Waals surface area contributed by atoms with Crippen LogP contribution in [-0.2, 0) is 15.6 Å². The second-order valence-electron chi connectivity index (χ2n) is 6.07. The van der Waals surface area contributed by atoms with Crippen molar-refractivity contribution in [1.82, 2.24) is 9.97 Å². The topological polar surface area (TPSA) is 79.9 Å². The zero-order chi connectivity index (χ0) is 19.8. The smallest absolute Gasteiger partial charge is 0.201 e. The van der Waals surface area contributed by atoms with Crippen LogP contribution in [0.2, 0.25) is 0 Å². The van der Waals surface area contributed by atoms with Crippen LogP contribution in [0.3, 0.4) is 0 Å². The Kier molecular flexibility index (Phi) is 6.71. The average molecular weight is 473 g/mol. The molecule has 3 rings (SSSR count). The highest BCUT2D eigenvalue weighted by molar-refractivity contribution is 9.10. The van der Waals surface area contributed by atoms with E-state index in [4.69, 9.17) is 0 Å². The monoisotopic (exact) mass is 472 g/mol. The van der Waals surface area contributed by atoms with Crippen LogP contribution in [0, 0.1) is 11.6 Å². The van der Waals surface area contributed by atoms with Gasteiger partial charge in [-0.25, -0.2) is 22.2 Å². The van der Waals surface area contributed by atoms with Crippen molar-refractivity contribution in [3.8, 4) is 0 Å². The number of H-pyrrole nitrogens is 1. The Morgan fingerprint density at radius 3 is 2.68 bits per heavy atom. The third-order valence-electron chi connectivity index (χ3n) is 4.03. The molecule has 1 aromatic carbocycles. The molecule has 0 aliphatic rings. The lowest BCUT2D eigenvalue weighted by Gasteiger charge is -2.09. The summed E-state index contributed by atoms with van der Waals surface area (Å²) in [6.07, 6.45) is 3.23. The van der Waals surface area contributed by atoms with Crippen LogP contribution >= 0.6 is 15.9 Å². The molecule has 5 nitrogen and oxygen atoms in total. The van der Waals surface area contributed by atoms with Gasteiger partial charge in [-0.1, -0.05) is 20.4 Å². The molecule has 3 aromatic rings. The number of hydrogen-bond donors (Lipinski definition) is 1. The quantitative estimate of drug-likeness (QED) is 0.522. The van der Waals surface area contributed by atoms with Crippen molar-refractivity contribution in [1.29, 1.82) is 0 Å². The standard InChI is InChI=1S/C18H15BrF2N2O3S.CH4/c1-2-5-27(25,26)9-10-3-4-14(20)15(16(10)21)17(24)13-8-23-18-12(13)6-11(19)7-22-18;/h3-4,6-8H,2,5,9H2,1H3,(H,22,23);1H4. The highest BCUT2D eigenvalue weighted by Gasteiger charge is 2.26. The van der Waals surface area contributed by atoms with E-state index in [1.807, 2.05) is 0 Å². The number of pyridine rings is 1. The van der Waals surface area contributed by atoms with Gasteiger partial charge in [0.1, 0.15) is 17.3 Å². The lowest BCUT2D eigenvalue weighted by atomic mass is 10.0. The summed E-state index contributed by atoms with van der Waals surface area (Å²) in [7, 11) is -3.55. The molecular formula is C19H19BrF2N2O3S. The first-order valence-corrected chi connectivity index (χ1v) is 10.7. The highest BCUT2D eigenvalue weighted by atomic mass is 79.9. The van der Waals surface area contributed by atoms with Crippen LogP contribution in [-0.4, -0.2) is 29.9 Å². The molecule has 150 valence electrons. The highest BCUT2D eigenvalue weighted by Crippen LogP contribution is 2.27. The first-order chi connectivity index (χ1) is 12.7. The van der Waals surface area contributed by atoms with Crippen molar-refractivity contribution in [3.63, 3.8) is 0 Å². The van der Waals surface area contributed by atoms with Crippen LogP contribution in [0.5, 0.6) is 0 Å². The maximum absolute atomic E-state index is 14.9. The van der Waals surface area contributed by atoms with E-state index in [0.29, 0.717) is 21.9 Å². The Morgan fingerprint density at radius 1 is 1.29 bits per heavy atom. The number of carbonyl (C=O) groups excluding carboxylic acids is 1. The van der Waals surface area contributed by atoms with Gasteiger partial charge >= 0.3 is 0 Å². The number of nitrogens with zero attached hydrogens (tertiary/aromatic N) is 1. The molecule has 0 atom stereocenters. The fraction of sp³-hybridized carbons (Fsp3) is 0.263. The van der Waals surface area contributed by atoms with Crippen LogP contribution in [0.15, 0.2) is 35.1 Å². The van der Waals surface area contributed by atoms with E-state index < -0.39 is 38.6 Å². The zero-order valence-corrected chi connectivity index (χ0v) is 16.6. The largest absolute Gasteiger partial charge is 0.345 e. The SMILES string of the molecule is C.CCCS(=O)(=O)Cc1ccc(F)c(C(=O)c2c[nH]c3ncc(Br)cc23)c1F. The van der Waals surface area contributed by atoms with E-state index >= 15 is 0 Å². The lowest BCUT2D eigenvalue weighted by molar-refractivity contribution is 0.103. The molecule has 2 heterocycles. The third kappa shape index (κ3) is 4.30. The Bertz CT molecular complexity index is 1140. The number of halogens is 3. The Balaban J connectivity index is 0.00000280. The predicted octanol–water partition coefficient (Wildman–Crippen LogP) is 4.80. The van der Waals surface area contributed by atoms with Gasteiger partial charge in [0.15, 0.2) is 9.84 Å². The molecule has 0 amide bonds. The lowest BCUT2D eigenvalue weighted by Crippen LogP contribution is -2.14. The molecule has 0 aliphatic carbocycles. The van der Waals surface area contributed by atoms with Crippen molar-refractivity contribution in [2.24, 2.45) is 0 Å². The van der Waals surface area contributed by atoms with E-state index in [-0.39, 0.29) is 24.3 Å². The van der Waals surface area contributed by atoms with Crippen molar-refractivity contribution in [3.05, 3.63) is 63.4 Å². The van der Waals surface area contributed by atoms with Crippen LogP contribution in [0.1, 0.15) is 42.3 Å². The maximum Gasteiger partial charge on any atom is 0.201 e. The van der Waals surface area contributed by atoms with Crippen molar-refractivity contribution in [2.45, 2.75) is 26.5 Å². The number of benzene rings is 1. The Morgan fingerprint density at radius 2 is 2.00 bits per heavy atom. The van der Waals surface area contributed by atoms with E-state index in [9.17, 15) is 22.0 Å². The fourth-order valence-corrected chi connectivity index (χ4v) is 4.63. The minimum atomic E-state index is -3.55. The molecule has 0 bridgehead atoms. The minimum Gasteiger partial charge on any atom is -0.345 e. The van der Waals surface area contributed by atoms with E-state index in [1.54, 1.807) is 13.0 Å². The van der Waals surface area contributed by atoms with E-state index in [1.165, 1.54) is 12.4 Å². The van der Waals surface area contributed by atoms with Crippen molar-refractivity contribution in [2.75, 3.05) is 5.75 Å². The number of fused-ring (bicyclic) bond motifs is 1. The summed E-state index contributed by atoms with van der Waals surface area (Å²) in [4.78, 5) is 19.7. The molecule has 1 N–H and O–H groups in total. The van der Waals surface area contributed by atoms with Crippen LogP contribution in [0.25, 0.3) is 11.0 Å². The van der Waals surface area contributed by atoms with Gasteiger partial charge in [0.05, 0.1) is 17.1 Å². The molecule has 0 spiro atoms. The van der Waals surface area contributed by atoms with Gasteiger partial charge in [-0.2, -0.15) is 0 Å². The number of sulfone groups is 1. The molecular weight excluding hydrogens is 454 g/mol. The number of rotatable bonds is 6. The normalized spacial score (nSPS) is 11.4. The molecule has 2 aromatic heterocycles. The first-order valence-electron chi connectivity index (χ1n) is 8.08. The Labute approximate surface area is 170 Å². The van der Waals surface area contributed by atoms with E-state index in [0.717, 1.165) is 12.1 Å². The summed E-state index contributed by atoms with van der Waals surface area (Å²) in [5.41, 5.74) is -0.568. The van der Waals surface area contributed by atoms with Gasteiger partial charge in [-0.15, -0.1) is 0 Å². The van der Waals surface area contributed by atoms with Gasteiger partial charge in [0.2, 0.25) is 5.78 Å². The maximum atomic E-state index is 14.9. The predicted molar refractivity (Wildman–Crippen MR) is 108 cm³/mol. The second-order valence-corrected chi connectivity index (χ2v) is 9.17. The summed E-state index contributed by atoms with van der Waals surface area (Å²) in [5.74, 6) is -3.79. The molecule has 0 aliphatic heterocycles. The first kappa shape index (κ1) is 22.2. The number of aromatic amines is 1.